The summed E-state index contributed by atoms with van der Waals surface area (Å²) in [6.07, 6.45) is 3.41. The van der Waals surface area contributed by atoms with Gasteiger partial charge in [-0.2, -0.15) is 0 Å². The fraction of sp³-hybridized carbons (Fsp3) is 0.158. The van der Waals surface area contributed by atoms with Gasteiger partial charge in [0.15, 0.2) is 0 Å². The topological polar surface area (TPSA) is 72.0 Å². The van der Waals surface area contributed by atoms with E-state index in [-0.39, 0.29) is 0 Å². The van der Waals surface area contributed by atoms with Crippen molar-refractivity contribution in [2.24, 2.45) is 12.8 Å². The van der Waals surface area contributed by atoms with Gasteiger partial charge in [0, 0.05) is 58.6 Å². The van der Waals surface area contributed by atoms with Crippen LogP contribution in [0, 0.1) is 0 Å². The Labute approximate surface area is 155 Å². The van der Waals surface area contributed by atoms with Gasteiger partial charge in [0.25, 0.3) is 0 Å². The zero-order chi connectivity index (χ0) is 18.3. The van der Waals surface area contributed by atoms with Gasteiger partial charge in [-0.25, -0.2) is 10.1 Å². The summed E-state index contributed by atoms with van der Waals surface area (Å²) in [5.74, 6) is 0. The first-order valence-corrected chi connectivity index (χ1v) is 9.08. The third-order valence-corrected chi connectivity index (χ3v) is 5.78. The van der Waals surface area contributed by atoms with E-state index in [1.807, 2.05) is 26.2 Å². The molecule has 0 aliphatic rings. The van der Waals surface area contributed by atoms with Crippen molar-refractivity contribution in [2.45, 2.75) is 0 Å². The first-order valence-electron chi connectivity index (χ1n) is 8.27. The van der Waals surface area contributed by atoms with Gasteiger partial charge in [-0.05, 0) is 24.3 Å². The van der Waals surface area contributed by atoms with E-state index in [1.54, 1.807) is 28.4 Å². The van der Waals surface area contributed by atoms with E-state index in [1.165, 1.54) is 20.2 Å². The van der Waals surface area contributed by atoms with Gasteiger partial charge < -0.3 is 10.7 Å². The molecule has 0 saturated heterocycles. The van der Waals surface area contributed by atoms with Crippen LogP contribution in [-0.2, 0) is 7.05 Å². The van der Waals surface area contributed by atoms with Crippen molar-refractivity contribution < 1.29 is 0 Å². The summed E-state index contributed by atoms with van der Waals surface area (Å²) in [4.78, 5) is 0. The van der Waals surface area contributed by atoms with Crippen molar-refractivity contribution in [3.63, 3.8) is 0 Å². The van der Waals surface area contributed by atoms with E-state index in [9.17, 15) is 0 Å². The highest BCUT2D eigenvalue weighted by Crippen LogP contribution is 2.37. The Hall–Kier alpha value is -2.90. The molecule has 0 spiro atoms. The summed E-state index contributed by atoms with van der Waals surface area (Å²) in [5.41, 5.74) is 13.1. The van der Waals surface area contributed by atoms with Crippen molar-refractivity contribution in [2.75, 3.05) is 14.1 Å². The highest BCUT2D eigenvalue weighted by atomic mass is 32.1. The van der Waals surface area contributed by atoms with Gasteiger partial charge in [0.05, 0.1) is 17.6 Å². The molecule has 0 fully saturated rings. The van der Waals surface area contributed by atoms with Crippen LogP contribution in [0.15, 0.2) is 48.8 Å². The Kier molecular flexibility index (Phi) is 4.10. The first-order chi connectivity index (χ1) is 12.6. The van der Waals surface area contributed by atoms with Crippen LogP contribution < -0.4 is 11.2 Å². The molecule has 0 amide bonds. The maximum absolute atomic E-state index is 5.86. The molecule has 2 aromatic heterocycles. The second-order valence-electron chi connectivity index (χ2n) is 6.10. The number of hydrogen-bond acceptors (Lipinski definition) is 6. The lowest BCUT2D eigenvalue weighted by atomic mass is 10.0. The molecule has 7 heteroatoms. The Morgan fingerprint density at radius 2 is 1.92 bits per heavy atom. The molecule has 3 N–H and O–H groups in total. The number of aromatic nitrogens is 3. The molecular weight excluding hydrogens is 344 g/mol. The molecule has 2 aromatic carbocycles. The number of fused-ring (bicyclic) bond motifs is 3. The van der Waals surface area contributed by atoms with E-state index in [0.29, 0.717) is 0 Å². The van der Waals surface area contributed by atoms with E-state index >= 15 is 0 Å². The third-order valence-electron chi connectivity index (χ3n) is 4.63. The van der Waals surface area contributed by atoms with Gasteiger partial charge in [-0.15, -0.1) is 16.4 Å². The van der Waals surface area contributed by atoms with Crippen LogP contribution in [-0.4, -0.2) is 34.1 Å². The first kappa shape index (κ1) is 16.6. The molecule has 4 aromatic rings. The predicted octanol–water partition coefficient (Wildman–Crippen LogP) is 3.17. The molecule has 0 aliphatic carbocycles. The lowest BCUT2D eigenvalue weighted by Gasteiger charge is -2.21. The van der Waals surface area contributed by atoms with Gasteiger partial charge in [-0.3, -0.25) is 0 Å². The summed E-state index contributed by atoms with van der Waals surface area (Å²) in [5, 5.41) is 12.4. The van der Waals surface area contributed by atoms with Crippen molar-refractivity contribution >= 4 is 37.2 Å². The molecule has 6 nitrogen and oxygen atoms in total. The number of nitrogens with two attached hydrogens (primary N) is 1. The number of nitrogens with zero attached hydrogens (tertiary/aromatic N) is 4. The van der Waals surface area contributed by atoms with Crippen LogP contribution in [0.1, 0.15) is 5.56 Å². The van der Waals surface area contributed by atoms with E-state index < -0.39 is 0 Å². The normalized spacial score (nSPS) is 12.2. The van der Waals surface area contributed by atoms with Crippen molar-refractivity contribution in [3.05, 3.63) is 54.4 Å². The summed E-state index contributed by atoms with van der Waals surface area (Å²) < 4.78 is 4.31. The maximum atomic E-state index is 5.86. The second-order valence-corrected chi connectivity index (χ2v) is 7.19. The number of hydrazine groups is 1. The Morgan fingerprint density at radius 1 is 1.19 bits per heavy atom. The number of thiophene rings is 1. The predicted molar refractivity (Wildman–Crippen MR) is 108 cm³/mol. The molecule has 132 valence electrons. The van der Waals surface area contributed by atoms with E-state index in [4.69, 9.17) is 5.73 Å². The SMILES string of the molecule is CNN(C)/C(=C\N)c1ccc2sc3ccc(-c4cnnn4C)cc3c2c1. The highest BCUT2D eigenvalue weighted by Gasteiger charge is 2.12. The lowest BCUT2D eigenvalue weighted by Crippen LogP contribution is -2.29. The number of nitrogens with one attached hydrogen (secondary N) is 1. The van der Waals surface area contributed by atoms with E-state index in [0.717, 1.165) is 22.5 Å². The minimum atomic E-state index is 0.931. The Bertz CT molecular complexity index is 1120. The van der Waals surface area contributed by atoms with Crippen LogP contribution >= 0.6 is 11.3 Å². The van der Waals surface area contributed by atoms with E-state index in [2.05, 4.69) is 52.1 Å². The third kappa shape index (κ3) is 2.61. The maximum Gasteiger partial charge on any atom is 0.0882 e. The standard InChI is InChI=1S/C19H20N6S/c1-21-24(2)16(10-20)12-4-6-18-14(8-12)15-9-13(5-7-19(15)26-18)17-11-22-23-25(17)3/h4-11,21H,20H2,1-3H3/b16-10-. The molecule has 0 unspecified atom stereocenters. The van der Waals surface area contributed by atoms with Crippen LogP contribution in [0.2, 0.25) is 0 Å². The van der Waals surface area contributed by atoms with Crippen molar-refractivity contribution in [1.82, 2.24) is 25.4 Å². The quantitative estimate of drug-likeness (QED) is 0.544. The molecule has 0 saturated carbocycles. The smallest absolute Gasteiger partial charge is 0.0882 e. The average molecular weight is 364 g/mol. The fourth-order valence-corrected chi connectivity index (χ4v) is 4.24. The molecule has 26 heavy (non-hydrogen) atoms. The Balaban J connectivity index is 1.91. The highest BCUT2D eigenvalue weighted by molar-refractivity contribution is 7.25. The summed E-state index contributed by atoms with van der Waals surface area (Å²) in [6, 6.07) is 13.0. The van der Waals surface area contributed by atoms with Crippen molar-refractivity contribution in [1.29, 1.82) is 0 Å². The van der Waals surface area contributed by atoms with Gasteiger partial charge in [0.1, 0.15) is 0 Å². The number of rotatable bonds is 4. The zero-order valence-corrected chi connectivity index (χ0v) is 15.7. The molecule has 0 aliphatic heterocycles. The largest absolute Gasteiger partial charge is 0.403 e. The summed E-state index contributed by atoms with van der Waals surface area (Å²) in [7, 11) is 5.72. The van der Waals surface area contributed by atoms with Gasteiger partial charge >= 0.3 is 0 Å². The van der Waals surface area contributed by atoms with Gasteiger partial charge in [0.2, 0.25) is 0 Å². The molecule has 2 heterocycles. The van der Waals surface area contributed by atoms with Crippen LogP contribution in [0.25, 0.3) is 37.1 Å². The average Bonchev–Trinajstić information content (AvgIpc) is 3.24. The number of aryl methyl sites for hydroxylation is 1. The molecule has 0 atom stereocenters. The summed E-state index contributed by atoms with van der Waals surface area (Å²) >= 11 is 1.80. The minimum Gasteiger partial charge on any atom is -0.403 e. The number of hydrogen-bond donors (Lipinski definition) is 2. The minimum absolute atomic E-state index is 0.931. The van der Waals surface area contributed by atoms with Crippen LogP contribution in [0.5, 0.6) is 0 Å². The van der Waals surface area contributed by atoms with Gasteiger partial charge in [-0.1, -0.05) is 17.3 Å². The Morgan fingerprint density at radius 3 is 2.58 bits per heavy atom. The summed E-state index contributed by atoms with van der Waals surface area (Å²) in [6.45, 7) is 0. The second kappa shape index (κ2) is 6.44. The van der Waals surface area contributed by atoms with Crippen LogP contribution in [0.4, 0.5) is 0 Å². The molecule has 4 rings (SSSR count). The fourth-order valence-electron chi connectivity index (χ4n) is 3.17. The van der Waals surface area contributed by atoms with Crippen LogP contribution in [0.3, 0.4) is 0 Å². The number of benzene rings is 2. The molecular formula is C19H20N6S. The lowest BCUT2D eigenvalue weighted by molar-refractivity contribution is 0.386. The molecule has 0 radical (unpaired) electrons. The molecule has 0 bridgehead atoms. The monoisotopic (exact) mass is 364 g/mol. The zero-order valence-electron chi connectivity index (χ0n) is 14.9. The van der Waals surface area contributed by atoms with Crippen molar-refractivity contribution in [3.8, 4) is 11.3 Å².